The maximum Gasteiger partial charge on any atom is 0.327 e. The van der Waals surface area contributed by atoms with Gasteiger partial charge in [0, 0.05) is 30.5 Å². The van der Waals surface area contributed by atoms with Crippen molar-refractivity contribution in [2.75, 3.05) is 17.8 Å². The lowest BCUT2D eigenvalue weighted by Gasteiger charge is -2.24. The Morgan fingerprint density at radius 2 is 1.68 bits per heavy atom. The van der Waals surface area contributed by atoms with Crippen molar-refractivity contribution in [2.24, 2.45) is 5.73 Å². The number of hydrogen-bond donors (Lipinski definition) is 8. The molecule has 0 aliphatic rings. The number of carboxylic acids is 2. The highest BCUT2D eigenvalue weighted by molar-refractivity contribution is 7.98. The Morgan fingerprint density at radius 3 is 2.21 bits per heavy atom. The van der Waals surface area contributed by atoms with Gasteiger partial charge in [-0.05, 0) is 24.9 Å². The minimum absolute atomic E-state index is 0.00547. The number of rotatable bonds is 16. The Kier molecular flexibility index (Phi) is 13.1. The van der Waals surface area contributed by atoms with Crippen molar-refractivity contribution in [1.82, 2.24) is 25.9 Å². The van der Waals surface area contributed by atoms with Gasteiger partial charge >= 0.3 is 11.9 Å². The van der Waals surface area contributed by atoms with Crippen molar-refractivity contribution in [1.29, 1.82) is 0 Å². The molecule has 0 radical (unpaired) electrons. The first-order valence-electron chi connectivity index (χ1n) is 10.3. The summed E-state index contributed by atoms with van der Waals surface area (Å²) in [5.74, 6) is -4.16. The Labute approximate surface area is 205 Å². The Balaban J connectivity index is 2.98. The van der Waals surface area contributed by atoms with E-state index < -0.39 is 53.8 Å². The second kappa shape index (κ2) is 15.2. The molecule has 1 aromatic rings. The number of imidazole rings is 1. The fourth-order valence-corrected chi connectivity index (χ4v) is 3.47. The van der Waals surface area contributed by atoms with Crippen molar-refractivity contribution in [3.63, 3.8) is 0 Å². The Morgan fingerprint density at radius 1 is 1.06 bits per heavy atom. The summed E-state index contributed by atoms with van der Waals surface area (Å²) in [4.78, 5) is 66.8. The number of carbonyl (C=O) groups is 5. The third-order valence-corrected chi connectivity index (χ3v) is 5.67. The zero-order chi connectivity index (χ0) is 25.7. The van der Waals surface area contributed by atoms with Crippen LogP contribution >= 0.6 is 24.4 Å². The summed E-state index contributed by atoms with van der Waals surface area (Å²) in [6, 6.07) is -4.62. The number of aromatic amines is 1. The summed E-state index contributed by atoms with van der Waals surface area (Å²) in [6.45, 7) is 0. The average Bonchev–Trinajstić information content (AvgIpc) is 3.30. The van der Waals surface area contributed by atoms with Crippen LogP contribution in [0.3, 0.4) is 0 Å². The van der Waals surface area contributed by atoms with E-state index in [4.69, 9.17) is 15.9 Å². The van der Waals surface area contributed by atoms with Crippen LogP contribution in [0.5, 0.6) is 0 Å². The largest absolute Gasteiger partial charge is 0.481 e. The number of thiol groups is 1. The highest BCUT2D eigenvalue weighted by Crippen LogP contribution is 2.06. The number of nitrogens with two attached hydrogens (primary N) is 1. The third-order valence-electron chi connectivity index (χ3n) is 4.66. The smallest absolute Gasteiger partial charge is 0.327 e. The molecule has 0 aromatic carbocycles. The van der Waals surface area contributed by atoms with Gasteiger partial charge in [-0.15, -0.1) is 0 Å². The molecular formula is C19H30N6O7S2. The molecule has 1 heterocycles. The number of nitrogens with zero attached hydrogens (tertiary/aromatic N) is 1. The second-order valence-electron chi connectivity index (χ2n) is 7.31. The van der Waals surface area contributed by atoms with Gasteiger partial charge in [0.1, 0.15) is 18.1 Å². The third kappa shape index (κ3) is 10.4. The van der Waals surface area contributed by atoms with E-state index in [1.807, 2.05) is 6.26 Å². The van der Waals surface area contributed by atoms with Gasteiger partial charge in [0.2, 0.25) is 17.7 Å². The number of aliphatic carboxylic acids is 2. The van der Waals surface area contributed by atoms with E-state index in [9.17, 15) is 24.0 Å². The molecule has 1 aromatic heterocycles. The van der Waals surface area contributed by atoms with Gasteiger partial charge in [-0.25, -0.2) is 9.78 Å². The van der Waals surface area contributed by atoms with E-state index in [1.165, 1.54) is 24.3 Å². The number of amides is 3. The van der Waals surface area contributed by atoms with Gasteiger partial charge in [0.25, 0.3) is 0 Å². The van der Waals surface area contributed by atoms with Crippen LogP contribution in [0.1, 0.15) is 25.0 Å². The maximum atomic E-state index is 13.0. The predicted molar refractivity (Wildman–Crippen MR) is 127 cm³/mol. The van der Waals surface area contributed by atoms with E-state index in [1.54, 1.807) is 0 Å². The monoisotopic (exact) mass is 518 g/mol. The van der Waals surface area contributed by atoms with E-state index in [0.29, 0.717) is 11.4 Å². The zero-order valence-electron chi connectivity index (χ0n) is 18.5. The molecule has 4 atom stereocenters. The van der Waals surface area contributed by atoms with Gasteiger partial charge in [-0.2, -0.15) is 24.4 Å². The standard InChI is InChI=1S/C19H30N6O7S2/c1-34-5-4-12(17(29)25-14(8-33)19(31)32)23-18(30)13(6-10-7-21-9-22-10)24-16(28)11(20)2-3-15(26)27/h7,9,11-14,33H,2-6,8,20H2,1H3,(H,21,22)(H,23,30)(H,24,28)(H,25,29)(H,26,27)(H,31,32). The van der Waals surface area contributed by atoms with Crippen molar-refractivity contribution in [3.8, 4) is 0 Å². The van der Waals surface area contributed by atoms with Crippen molar-refractivity contribution in [2.45, 2.75) is 49.9 Å². The van der Waals surface area contributed by atoms with E-state index in [-0.39, 0.29) is 31.4 Å². The van der Waals surface area contributed by atoms with Crippen LogP contribution in [0.25, 0.3) is 0 Å². The fourth-order valence-electron chi connectivity index (χ4n) is 2.75. The van der Waals surface area contributed by atoms with Gasteiger partial charge in [0.05, 0.1) is 12.4 Å². The molecule has 0 fully saturated rings. The molecule has 0 aliphatic carbocycles. The zero-order valence-corrected chi connectivity index (χ0v) is 20.2. The summed E-state index contributed by atoms with van der Waals surface area (Å²) in [5.41, 5.74) is 6.26. The Hall–Kier alpha value is -2.78. The van der Waals surface area contributed by atoms with E-state index in [0.717, 1.165) is 0 Å². The molecule has 8 N–H and O–H groups in total. The minimum atomic E-state index is -1.27. The van der Waals surface area contributed by atoms with Crippen LogP contribution in [-0.2, 0) is 30.4 Å². The lowest BCUT2D eigenvalue weighted by Crippen LogP contribution is -2.58. The number of hydrogen-bond acceptors (Lipinski definition) is 9. The molecule has 4 unspecified atom stereocenters. The molecule has 0 saturated carbocycles. The summed E-state index contributed by atoms with van der Waals surface area (Å²) in [5, 5.41) is 25.3. The van der Waals surface area contributed by atoms with Gasteiger partial charge in [-0.3, -0.25) is 19.2 Å². The number of thioether (sulfide) groups is 1. The quantitative estimate of drug-likeness (QED) is 0.117. The topological polar surface area (TPSA) is 217 Å². The predicted octanol–water partition coefficient (Wildman–Crippen LogP) is -1.63. The first-order chi connectivity index (χ1) is 16.1. The minimum Gasteiger partial charge on any atom is -0.481 e. The first kappa shape index (κ1) is 29.3. The lowest BCUT2D eigenvalue weighted by atomic mass is 10.1. The van der Waals surface area contributed by atoms with Crippen molar-refractivity contribution >= 4 is 54.1 Å². The molecular weight excluding hydrogens is 488 g/mol. The molecule has 15 heteroatoms. The molecule has 34 heavy (non-hydrogen) atoms. The molecule has 3 amide bonds. The van der Waals surface area contributed by atoms with Crippen LogP contribution in [0, 0.1) is 0 Å². The second-order valence-corrected chi connectivity index (χ2v) is 8.66. The molecule has 1 rings (SSSR count). The van der Waals surface area contributed by atoms with Gasteiger partial charge in [0.15, 0.2) is 0 Å². The number of aromatic nitrogens is 2. The molecule has 0 aliphatic heterocycles. The SMILES string of the molecule is CSCCC(NC(=O)C(Cc1cnc[nH]1)NC(=O)C(N)CCC(=O)O)C(=O)NC(CS)C(=O)O. The summed E-state index contributed by atoms with van der Waals surface area (Å²) in [7, 11) is 0. The average molecular weight is 519 g/mol. The van der Waals surface area contributed by atoms with E-state index >= 15 is 0 Å². The summed E-state index contributed by atoms with van der Waals surface area (Å²) in [6.07, 6.45) is 4.42. The Bertz CT molecular complexity index is 839. The summed E-state index contributed by atoms with van der Waals surface area (Å²) >= 11 is 5.34. The number of carboxylic acid groups (broad SMARTS) is 2. The first-order valence-corrected chi connectivity index (χ1v) is 12.3. The van der Waals surface area contributed by atoms with Crippen molar-refractivity contribution in [3.05, 3.63) is 18.2 Å². The molecule has 0 bridgehead atoms. The van der Waals surface area contributed by atoms with Crippen LogP contribution < -0.4 is 21.7 Å². The normalized spacial score (nSPS) is 14.3. The molecule has 13 nitrogen and oxygen atoms in total. The van der Waals surface area contributed by atoms with E-state index in [2.05, 4.69) is 38.5 Å². The molecule has 0 spiro atoms. The highest BCUT2D eigenvalue weighted by atomic mass is 32.2. The van der Waals surface area contributed by atoms with Gasteiger partial charge < -0.3 is 36.9 Å². The van der Waals surface area contributed by atoms with Crippen LogP contribution in [0.2, 0.25) is 0 Å². The number of carbonyl (C=O) groups excluding carboxylic acids is 3. The number of nitrogens with one attached hydrogen (secondary N) is 4. The molecule has 0 saturated heterocycles. The lowest BCUT2D eigenvalue weighted by molar-refractivity contribution is -0.141. The van der Waals surface area contributed by atoms with Crippen molar-refractivity contribution < 1.29 is 34.2 Å². The van der Waals surface area contributed by atoms with Crippen LogP contribution in [0.4, 0.5) is 0 Å². The summed E-state index contributed by atoms with van der Waals surface area (Å²) < 4.78 is 0. The van der Waals surface area contributed by atoms with Crippen LogP contribution in [0.15, 0.2) is 12.5 Å². The maximum absolute atomic E-state index is 13.0. The molecule has 190 valence electrons. The highest BCUT2D eigenvalue weighted by Gasteiger charge is 2.30. The van der Waals surface area contributed by atoms with Crippen LogP contribution in [-0.4, -0.2) is 91.8 Å². The number of H-pyrrole nitrogens is 1. The fraction of sp³-hybridized carbons (Fsp3) is 0.579. The van der Waals surface area contributed by atoms with Gasteiger partial charge in [-0.1, -0.05) is 0 Å².